The van der Waals surface area contributed by atoms with E-state index in [-0.39, 0.29) is 17.8 Å². The number of phenols is 1. The van der Waals surface area contributed by atoms with E-state index in [1.165, 1.54) is 4.90 Å². The molecule has 0 unspecified atom stereocenters. The first kappa shape index (κ1) is 16.5. The van der Waals surface area contributed by atoms with Crippen molar-refractivity contribution in [3.63, 3.8) is 0 Å². The number of benzene rings is 3. The summed E-state index contributed by atoms with van der Waals surface area (Å²) in [4.78, 5) is 16.1. The largest absolute Gasteiger partial charge is 0.508 e. The standard InChI is InChI=1S/C21H18N2O2S/c1-26-17-12-6-14(7-13-17)20-22-19-5-3-2-4-18(19)21(25)23(20)15-8-10-16(24)11-9-15/h2-13,20,22,24H,1H3/t20-/m0/s1. The number of nitrogens with zero attached hydrogens (tertiary/aromatic N) is 1. The Morgan fingerprint density at radius 2 is 1.65 bits per heavy atom. The van der Waals surface area contributed by atoms with E-state index in [2.05, 4.69) is 17.4 Å². The lowest BCUT2D eigenvalue weighted by Gasteiger charge is -2.38. The lowest BCUT2D eigenvalue weighted by atomic mass is 10.0. The van der Waals surface area contributed by atoms with Gasteiger partial charge in [-0.3, -0.25) is 9.69 Å². The summed E-state index contributed by atoms with van der Waals surface area (Å²) in [5.74, 6) is 0.108. The average molecular weight is 362 g/mol. The first-order chi connectivity index (χ1) is 12.7. The highest BCUT2D eigenvalue weighted by atomic mass is 32.2. The van der Waals surface area contributed by atoms with Crippen molar-refractivity contribution in [2.45, 2.75) is 11.1 Å². The monoisotopic (exact) mass is 362 g/mol. The van der Waals surface area contributed by atoms with Gasteiger partial charge in [-0.1, -0.05) is 24.3 Å². The molecule has 0 radical (unpaired) electrons. The fourth-order valence-corrected chi connectivity index (χ4v) is 3.56. The van der Waals surface area contributed by atoms with E-state index in [4.69, 9.17) is 0 Å². The molecular weight excluding hydrogens is 344 g/mol. The van der Waals surface area contributed by atoms with E-state index < -0.39 is 0 Å². The summed E-state index contributed by atoms with van der Waals surface area (Å²) in [5.41, 5.74) is 3.19. The number of hydrogen-bond acceptors (Lipinski definition) is 4. The number of nitrogens with one attached hydrogen (secondary N) is 1. The molecule has 2 N–H and O–H groups in total. The number of rotatable bonds is 3. The van der Waals surface area contributed by atoms with Crippen LogP contribution in [0.15, 0.2) is 77.7 Å². The molecule has 1 heterocycles. The van der Waals surface area contributed by atoms with Crippen LogP contribution in [0.5, 0.6) is 5.75 Å². The number of anilines is 2. The molecule has 4 rings (SSSR count). The Labute approximate surface area is 156 Å². The molecule has 1 atom stereocenters. The van der Waals surface area contributed by atoms with E-state index in [0.717, 1.165) is 16.9 Å². The quantitative estimate of drug-likeness (QED) is 0.652. The molecule has 3 aromatic rings. The molecule has 0 aliphatic carbocycles. The zero-order chi connectivity index (χ0) is 18.1. The van der Waals surface area contributed by atoms with Crippen molar-refractivity contribution in [2.24, 2.45) is 0 Å². The third-order valence-electron chi connectivity index (χ3n) is 4.49. The molecule has 0 aromatic heterocycles. The summed E-state index contributed by atoms with van der Waals surface area (Å²) in [7, 11) is 0. The molecule has 1 amide bonds. The number of carbonyl (C=O) groups excluding carboxylic acids is 1. The number of para-hydroxylation sites is 1. The van der Waals surface area contributed by atoms with Crippen molar-refractivity contribution in [2.75, 3.05) is 16.5 Å². The molecule has 0 spiro atoms. The number of hydrogen-bond donors (Lipinski definition) is 2. The molecule has 130 valence electrons. The molecule has 0 bridgehead atoms. The maximum atomic E-state index is 13.2. The Morgan fingerprint density at radius 1 is 0.962 bits per heavy atom. The van der Waals surface area contributed by atoms with Crippen LogP contribution in [0.2, 0.25) is 0 Å². The second kappa shape index (κ2) is 6.77. The van der Waals surface area contributed by atoms with E-state index >= 15 is 0 Å². The van der Waals surface area contributed by atoms with Crippen LogP contribution >= 0.6 is 11.8 Å². The van der Waals surface area contributed by atoms with Crippen LogP contribution in [-0.2, 0) is 0 Å². The fourth-order valence-electron chi connectivity index (χ4n) is 3.15. The Hall–Kier alpha value is -2.92. The topological polar surface area (TPSA) is 52.6 Å². The zero-order valence-corrected chi connectivity index (χ0v) is 15.0. The Balaban J connectivity index is 1.82. The Morgan fingerprint density at radius 3 is 2.35 bits per heavy atom. The van der Waals surface area contributed by atoms with Gasteiger partial charge < -0.3 is 10.4 Å². The molecule has 0 fully saturated rings. The lowest BCUT2D eigenvalue weighted by molar-refractivity contribution is 0.0975. The summed E-state index contributed by atoms with van der Waals surface area (Å²) in [6.45, 7) is 0. The van der Waals surface area contributed by atoms with Gasteiger partial charge in [0.05, 0.1) is 5.56 Å². The fraction of sp³-hybridized carbons (Fsp3) is 0.0952. The molecule has 0 saturated carbocycles. The van der Waals surface area contributed by atoms with Gasteiger partial charge in [-0.2, -0.15) is 0 Å². The SMILES string of the molecule is CSc1ccc([C@H]2Nc3ccccc3C(=O)N2c2ccc(O)cc2)cc1. The minimum atomic E-state index is -0.321. The molecule has 1 aliphatic rings. The maximum absolute atomic E-state index is 13.2. The highest BCUT2D eigenvalue weighted by Crippen LogP contribution is 2.37. The number of amides is 1. The summed E-state index contributed by atoms with van der Waals surface area (Å²) in [5, 5.41) is 13.1. The van der Waals surface area contributed by atoms with Crippen molar-refractivity contribution < 1.29 is 9.90 Å². The van der Waals surface area contributed by atoms with Gasteiger partial charge in [-0.15, -0.1) is 11.8 Å². The third-order valence-corrected chi connectivity index (χ3v) is 5.23. The Kier molecular flexibility index (Phi) is 4.31. The van der Waals surface area contributed by atoms with Crippen molar-refractivity contribution in [3.05, 3.63) is 83.9 Å². The predicted octanol–water partition coefficient (Wildman–Crippen LogP) is 4.89. The van der Waals surface area contributed by atoms with Crippen molar-refractivity contribution >= 4 is 29.0 Å². The third kappa shape index (κ3) is 2.91. The Bertz CT molecular complexity index is 939. The summed E-state index contributed by atoms with van der Waals surface area (Å²) in [6, 6.07) is 22.4. The number of carbonyl (C=O) groups is 1. The van der Waals surface area contributed by atoms with Gasteiger partial charge in [0.1, 0.15) is 11.9 Å². The highest BCUT2D eigenvalue weighted by Gasteiger charge is 2.33. The van der Waals surface area contributed by atoms with E-state index in [1.54, 1.807) is 40.9 Å². The predicted molar refractivity (Wildman–Crippen MR) is 106 cm³/mol. The molecule has 26 heavy (non-hydrogen) atoms. The van der Waals surface area contributed by atoms with Crippen LogP contribution in [-0.4, -0.2) is 17.3 Å². The molecule has 3 aromatic carbocycles. The molecule has 5 heteroatoms. The minimum absolute atomic E-state index is 0.0658. The first-order valence-electron chi connectivity index (χ1n) is 8.29. The smallest absolute Gasteiger partial charge is 0.262 e. The normalized spacial score (nSPS) is 16.1. The molecule has 1 aliphatic heterocycles. The van der Waals surface area contributed by atoms with Crippen LogP contribution < -0.4 is 10.2 Å². The number of phenolic OH excluding ortho intramolecular Hbond substituents is 1. The van der Waals surface area contributed by atoms with Gasteiger partial charge in [-0.05, 0) is 60.4 Å². The number of aromatic hydroxyl groups is 1. The maximum Gasteiger partial charge on any atom is 0.262 e. The molecule has 4 nitrogen and oxygen atoms in total. The van der Waals surface area contributed by atoms with Gasteiger partial charge in [0, 0.05) is 16.3 Å². The molecule has 0 saturated heterocycles. The average Bonchev–Trinajstić information content (AvgIpc) is 2.69. The van der Waals surface area contributed by atoms with E-state index in [9.17, 15) is 9.90 Å². The van der Waals surface area contributed by atoms with Crippen molar-refractivity contribution in [1.82, 2.24) is 0 Å². The van der Waals surface area contributed by atoms with Crippen LogP contribution in [0, 0.1) is 0 Å². The lowest BCUT2D eigenvalue weighted by Crippen LogP contribution is -2.43. The van der Waals surface area contributed by atoms with Gasteiger partial charge in [0.2, 0.25) is 0 Å². The number of thioether (sulfide) groups is 1. The zero-order valence-electron chi connectivity index (χ0n) is 14.2. The second-order valence-corrected chi connectivity index (χ2v) is 6.94. The second-order valence-electron chi connectivity index (χ2n) is 6.06. The van der Waals surface area contributed by atoms with Crippen molar-refractivity contribution in [1.29, 1.82) is 0 Å². The van der Waals surface area contributed by atoms with Crippen molar-refractivity contribution in [3.8, 4) is 5.75 Å². The van der Waals surface area contributed by atoms with Gasteiger partial charge in [-0.25, -0.2) is 0 Å². The van der Waals surface area contributed by atoms with Gasteiger partial charge in [0.15, 0.2) is 0 Å². The van der Waals surface area contributed by atoms with Gasteiger partial charge >= 0.3 is 0 Å². The highest BCUT2D eigenvalue weighted by molar-refractivity contribution is 7.98. The van der Waals surface area contributed by atoms with Crippen LogP contribution in [0.3, 0.4) is 0 Å². The molecular formula is C21H18N2O2S. The van der Waals surface area contributed by atoms with E-state index in [0.29, 0.717) is 5.56 Å². The van der Waals surface area contributed by atoms with E-state index in [1.807, 2.05) is 42.7 Å². The minimum Gasteiger partial charge on any atom is -0.508 e. The summed E-state index contributed by atoms with van der Waals surface area (Å²) in [6.07, 6.45) is 1.72. The first-order valence-corrected chi connectivity index (χ1v) is 9.52. The summed E-state index contributed by atoms with van der Waals surface area (Å²) >= 11 is 1.68. The van der Waals surface area contributed by atoms with Crippen LogP contribution in [0.1, 0.15) is 22.1 Å². The van der Waals surface area contributed by atoms with Crippen LogP contribution in [0.25, 0.3) is 0 Å². The summed E-state index contributed by atoms with van der Waals surface area (Å²) < 4.78 is 0. The number of fused-ring (bicyclic) bond motifs is 1. The van der Waals surface area contributed by atoms with Gasteiger partial charge in [0.25, 0.3) is 5.91 Å². The van der Waals surface area contributed by atoms with Crippen LogP contribution in [0.4, 0.5) is 11.4 Å².